The molecule has 84 valence electrons. The Hall–Kier alpha value is -0.290. The Kier molecular flexibility index (Phi) is 4.46. The summed E-state index contributed by atoms with van der Waals surface area (Å²) in [5.74, 6) is 0. The van der Waals surface area contributed by atoms with Crippen molar-refractivity contribution in [3.05, 3.63) is 51.8 Å². The van der Waals surface area contributed by atoms with E-state index in [0.29, 0.717) is 11.8 Å². The second kappa shape index (κ2) is 5.87. The molecule has 1 aromatic carbocycles. The molecule has 16 heavy (non-hydrogen) atoms. The number of hydrogen-bond donors (Lipinski definition) is 1. The minimum atomic E-state index is 0.314. The smallest absolute Gasteiger partial charge is 0.0604 e. The Labute approximate surface area is 112 Å². The van der Waals surface area contributed by atoms with Crippen LogP contribution in [0, 0.1) is 0 Å². The molecule has 0 aliphatic rings. The molecule has 0 saturated carbocycles. The van der Waals surface area contributed by atoms with Crippen molar-refractivity contribution in [3.8, 4) is 0 Å². The van der Waals surface area contributed by atoms with E-state index >= 15 is 0 Å². The second-order valence-electron chi connectivity index (χ2n) is 3.30. The number of nitrogens with two attached hydrogens (primary N) is 1. The molecular formula is C12H12BrNS2. The highest BCUT2D eigenvalue weighted by Gasteiger charge is 2.14. The van der Waals surface area contributed by atoms with E-state index in [9.17, 15) is 0 Å². The summed E-state index contributed by atoms with van der Waals surface area (Å²) in [5, 5.41) is 2.41. The Balaban J connectivity index is 2.20. The monoisotopic (exact) mass is 313 g/mol. The maximum atomic E-state index is 5.85. The van der Waals surface area contributed by atoms with E-state index in [0.717, 1.165) is 4.47 Å². The van der Waals surface area contributed by atoms with Crippen LogP contribution in [0.3, 0.4) is 0 Å². The normalized spacial score (nSPS) is 12.6. The standard InChI is InChI=1S/C12H12BrNS2/c13-10-5-2-1-4-9(10)11(8-14)16-12-6-3-7-15-12/h1-7,11H,8,14H2. The highest BCUT2D eigenvalue weighted by molar-refractivity contribution is 9.10. The third-order valence-electron chi connectivity index (χ3n) is 2.22. The molecule has 0 bridgehead atoms. The summed E-state index contributed by atoms with van der Waals surface area (Å²) in [6.45, 7) is 0.644. The minimum absolute atomic E-state index is 0.314. The van der Waals surface area contributed by atoms with Crippen LogP contribution in [0.2, 0.25) is 0 Å². The van der Waals surface area contributed by atoms with Crippen molar-refractivity contribution in [2.45, 2.75) is 9.46 Å². The number of benzene rings is 1. The molecule has 0 saturated heterocycles. The van der Waals surface area contributed by atoms with Gasteiger partial charge < -0.3 is 5.73 Å². The lowest BCUT2D eigenvalue weighted by Crippen LogP contribution is -2.09. The van der Waals surface area contributed by atoms with Gasteiger partial charge in [-0.15, -0.1) is 23.1 Å². The van der Waals surface area contributed by atoms with E-state index < -0.39 is 0 Å². The quantitative estimate of drug-likeness (QED) is 0.851. The molecule has 0 amide bonds. The zero-order chi connectivity index (χ0) is 11.4. The van der Waals surface area contributed by atoms with Gasteiger partial charge in [-0.2, -0.15) is 0 Å². The van der Waals surface area contributed by atoms with Gasteiger partial charge in [-0.1, -0.05) is 40.2 Å². The van der Waals surface area contributed by atoms with Crippen molar-refractivity contribution < 1.29 is 0 Å². The lowest BCUT2D eigenvalue weighted by atomic mass is 10.1. The number of rotatable bonds is 4. The van der Waals surface area contributed by atoms with Crippen LogP contribution in [0.5, 0.6) is 0 Å². The zero-order valence-electron chi connectivity index (χ0n) is 8.60. The van der Waals surface area contributed by atoms with Crippen molar-refractivity contribution in [1.82, 2.24) is 0 Å². The summed E-state index contributed by atoms with van der Waals surface area (Å²) in [4.78, 5) is 0. The molecule has 1 heterocycles. The Morgan fingerprint density at radius 3 is 2.69 bits per heavy atom. The molecule has 0 aliphatic heterocycles. The number of halogens is 1. The summed E-state index contributed by atoms with van der Waals surface area (Å²) in [6, 6.07) is 12.5. The van der Waals surface area contributed by atoms with E-state index in [1.165, 1.54) is 9.77 Å². The first kappa shape index (κ1) is 12.2. The van der Waals surface area contributed by atoms with Crippen LogP contribution < -0.4 is 5.73 Å². The number of hydrogen-bond acceptors (Lipinski definition) is 3. The first-order valence-corrected chi connectivity index (χ1v) is 7.51. The first-order valence-electron chi connectivity index (χ1n) is 4.96. The van der Waals surface area contributed by atoms with Crippen molar-refractivity contribution >= 4 is 39.0 Å². The predicted octanol–water partition coefficient (Wildman–Crippen LogP) is 4.30. The minimum Gasteiger partial charge on any atom is -0.329 e. The number of thioether (sulfide) groups is 1. The molecule has 1 nitrogen and oxygen atoms in total. The molecule has 2 rings (SSSR count). The molecule has 0 spiro atoms. The molecular weight excluding hydrogens is 302 g/mol. The third-order valence-corrected chi connectivity index (χ3v) is 5.28. The van der Waals surface area contributed by atoms with Crippen molar-refractivity contribution in [2.75, 3.05) is 6.54 Å². The van der Waals surface area contributed by atoms with E-state index in [2.05, 4.69) is 51.6 Å². The van der Waals surface area contributed by atoms with Gasteiger partial charge in [0, 0.05) is 16.3 Å². The zero-order valence-corrected chi connectivity index (χ0v) is 11.8. The Morgan fingerprint density at radius 1 is 1.25 bits per heavy atom. The summed E-state index contributed by atoms with van der Waals surface area (Å²) >= 11 is 7.16. The highest BCUT2D eigenvalue weighted by Crippen LogP contribution is 2.39. The van der Waals surface area contributed by atoms with Gasteiger partial charge in [0.1, 0.15) is 0 Å². The van der Waals surface area contributed by atoms with Crippen LogP contribution >= 0.6 is 39.0 Å². The largest absolute Gasteiger partial charge is 0.329 e. The molecule has 2 N–H and O–H groups in total. The fraction of sp³-hybridized carbons (Fsp3) is 0.167. The Morgan fingerprint density at radius 2 is 2.06 bits per heavy atom. The van der Waals surface area contributed by atoms with Crippen LogP contribution in [-0.4, -0.2) is 6.54 Å². The van der Waals surface area contributed by atoms with E-state index in [4.69, 9.17) is 5.73 Å². The summed E-state index contributed by atoms with van der Waals surface area (Å²) < 4.78 is 2.45. The maximum Gasteiger partial charge on any atom is 0.0604 e. The molecule has 1 unspecified atom stereocenters. The highest BCUT2D eigenvalue weighted by atomic mass is 79.9. The molecule has 4 heteroatoms. The average molecular weight is 314 g/mol. The molecule has 2 aromatic rings. The second-order valence-corrected chi connectivity index (χ2v) is 6.60. The Bertz CT molecular complexity index is 442. The molecule has 1 atom stereocenters. The van der Waals surface area contributed by atoms with Crippen LogP contribution in [0.4, 0.5) is 0 Å². The van der Waals surface area contributed by atoms with Gasteiger partial charge in [0.25, 0.3) is 0 Å². The van der Waals surface area contributed by atoms with Gasteiger partial charge in [0.2, 0.25) is 0 Å². The van der Waals surface area contributed by atoms with Crippen molar-refractivity contribution in [3.63, 3.8) is 0 Å². The van der Waals surface area contributed by atoms with Crippen molar-refractivity contribution in [1.29, 1.82) is 0 Å². The van der Waals surface area contributed by atoms with E-state index in [1.807, 2.05) is 17.8 Å². The fourth-order valence-corrected chi connectivity index (χ4v) is 4.21. The molecule has 0 aliphatic carbocycles. The van der Waals surface area contributed by atoms with Gasteiger partial charge in [-0.25, -0.2) is 0 Å². The van der Waals surface area contributed by atoms with Crippen LogP contribution in [0.25, 0.3) is 0 Å². The van der Waals surface area contributed by atoms with E-state index in [1.54, 1.807) is 11.3 Å². The van der Waals surface area contributed by atoms with Gasteiger partial charge >= 0.3 is 0 Å². The molecule has 0 fully saturated rings. The van der Waals surface area contributed by atoms with E-state index in [-0.39, 0.29) is 0 Å². The van der Waals surface area contributed by atoms with Crippen LogP contribution in [0.15, 0.2) is 50.5 Å². The first-order chi connectivity index (χ1) is 7.81. The number of thiophene rings is 1. The topological polar surface area (TPSA) is 26.0 Å². The van der Waals surface area contributed by atoms with Gasteiger partial charge in [-0.3, -0.25) is 0 Å². The average Bonchev–Trinajstić information content (AvgIpc) is 2.80. The summed E-state index contributed by atoms with van der Waals surface area (Å²) in [6.07, 6.45) is 0. The molecule has 0 radical (unpaired) electrons. The summed E-state index contributed by atoms with van der Waals surface area (Å²) in [5.41, 5.74) is 7.12. The fourth-order valence-electron chi connectivity index (χ4n) is 1.45. The lowest BCUT2D eigenvalue weighted by Gasteiger charge is -2.15. The predicted molar refractivity (Wildman–Crippen MR) is 76.1 cm³/mol. The van der Waals surface area contributed by atoms with Gasteiger partial charge in [-0.05, 0) is 23.1 Å². The van der Waals surface area contributed by atoms with Crippen LogP contribution in [0.1, 0.15) is 10.8 Å². The van der Waals surface area contributed by atoms with Crippen LogP contribution in [-0.2, 0) is 0 Å². The summed E-state index contributed by atoms with van der Waals surface area (Å²) in [7, 11) is 0. The third kappa shape index (κ3) is 2.88. The van der Waals surface area contributed by atoms with Crippen molar-refractivity contribution in [2.24, 2.45) is 5.73 Å². The SMILES string of the molecule is NCC(Sc1cccs1)c1ccccc1Br. The lowest BCUT2D eigenvalue weighted by molar-refractivity contribution is 0.937. The van der Waals surface area contributed by atoms with Gasteiger partial charge in [0.05, 0.1) is 4.21 Å². The van der Waals surface area contributed by atoms with Gasteiger partial charge in [0.15, 0.2) is 0 Å². The maximum absolute atomic E-state index is 5.85. The molecule has 1 aromatic heterocycles.